The van der Waals surface area contributed by atoms with Crippen molar-refractivity contribution in [2.24, 2.45) is 34.0 Å². The average Bonchev–Trinajstić information content (AvgIpc) is 3.22. The molecule has 0 spiro atoms. The lowest BCUT2D eigenvalue weighted by atomic mass is 9.44. The largest absolute Gasteiger partial charge is 0.461 e. The number of ether oxygens (including phenoxy) is 1. The van der Waals surface area contributed by atoms with Crippen LogP contribution in [0.3, 0.4) is 0 Å². The van der Waals surface area contributed by atoms with Crippen molar-refractivity contribution in [3.8, 4) is 0 Å². The number of carbonyl (C=O) groups is 2. The number of hydrogen-bond acceptors (Lipinski definition) is 6. The Morgan fingerprint density at radius 2 is 2.03 bits per heavy atom. The minimum absolute atomic E-state index is 0.0854. The number of aliphatic hydroxyl groups excluding tert-OH is 2. The highest BCUT2D eigenvalue weighted by Gasteiger charge is 2.68. The fourth-order valence-corrected chi connectivity index (χ4v) is 8.37. The van der Waals surface area contributed by atoms with Crippen LogP contribution in [0.2, 0.25) is 0 Å². The van der Waals surface area contributed by atoms with Crippen molar-refractivity contribution in [3.05, 3.63) is 42.2 Å². The molecule has 3 aliphatic rings. The first-order valence-electron chi connectivity index (χ1n) is 13.0. The number of ketones is 1. The second-order valence-electron chi connectivity index (χ2n) is 11.8. The first kappa shape index (κ1) is 27.3. The minimum atomic E-state index is -0.716. The lowest BCUT2D eigenvalue weighted by Crippen LogP contribution is -2.63. The van der Waals surface area contributed by atoms with E-state index >= 15 is 0 Å². The topological polar surface area (TPSA) is 83.8 Å². The number of thioether (sulfide) groups is 1. The third-order valence-corrected chi connectivity index (χ3v) is 11.1. The Bertz CT molecular complexity index is 1040. The maximum Gasteiger partial charge on any atom is 0.316 e. The van der Waals surface area contributed by atoms with Crippen LogP contribution in [0.5, 0.6) is 0 Å². The first-order valence-corrected chi connectivity index (χ1v) is 14.0. The molecular formula is C29H39FO5S. The van der Waals surface area contributed by atoms with Gasteiger partial charge in [0.2, 0.25) is 0 Å². The molecule has 0 saturated heterocycles. The smallest absolute Gasteiger partial charge is 0.316 e. The van der Waals surface area contributed by atoms with E-state index in [1.54, 1.807) is 6.08 Å². The maximum absolute atomic E-state index is 14.3. The van der Waals surface area contributed by atoms with Crippen LogP contribution in [0.25, 0.3) is 0 Å². The zero-order valence-electron chi connectivity index (χ0n) is 21.8. The molecule has 0 radical (unpaired) electrons. The molecule has 0 aromatic heterocycles. The molecule has 2 bridgehead atoms. The van der Waals surface area contributed by atoms with Gasteiger partial charge in [0.25, 0.3) is 0 Å². The van der Waals surface area contributed by atoms with Crippen molar-refractivity contribution in [2.75, 3.05) is 5.75 Å². The molecule has 0 aliphatic heterocycles. The first-order chi connectivity index (χ1) is 16.9. The van der Waals surface area contributed by atoms with Gasteiger partial charge in [0.15, 0.2) is 0 Å². The van der Waals surface area contributed by atoms with Crippen molar-refractivity contribution < 1.29 is 28.9 Å². The fraction of sp³-hybridized carbons (Fsp3) is 0.655. The van der Waals surface area contributed by atoms with Gasteiger partial charge in [0.1, 0.15) is 17.7 Å². The maximum atomic E-state index is 14.3. The summed E-state index contributed by atoms with van der Waals surface area (Å²) in [7, 11) is 0. The van der Waals surface area contributed by atoms with E-state index in [0.29, 0.717) is 18.4 Å². The second kappa shape index (κ2) is 9.88. The summed E-state index contributed by atoms with van der Waals surface area (Å²) >= 11 is 1.03. The van der Waals surface area contributed by atoms with E-state index in [-0.39, 0.29) is 46.2 Å². The fourth-order valence-electron chi connectivity index (χ4n) is 7.59. The van der Waals surface area contributed by atoms with Crippen LogP contribution in [0.4, 0.5) is 4.39 Å². The van der Waals surface area contributed by atoms with Gasteiger partial charge in [-0.05, 0) is 60.6 Å². The van der Waals surface area contributed by atoms with E-state index in [4.69, 9.17) is 4.74 Å². The van der Waals surface area contributed by atoms with Gasteiger partial charge >= 0.3 is 5.97 Å². The molecule has 8 atom stereocenters. The molecule has 0 amide bonds. The van der Waals surface area contributed by atoms with Crippen molar-refractivity contribution in [2.45, 2.75) is 83.5 Å². The monoisotopic (exact) mass is 518 g/mol. The van der Waals surface area contributed by atoms with Crippen molar-refractivity contribution in [1.29, 1.82) is 0 Å². The lowest BCUT2D eigenvalue weighted by Gasteiger charge is -2.61. The summed E-state index contributed by atoms with van der Waals surface area (Å²) in [5.74, 6) is -1.04. The molecule has 198 valence electrons. The van der Waals surface area contributed by atoms with Crippen LogP contribution in [-0.2, 0) is 20.9 Å². The van der Waals surface area contributed by atoms with Gasteiger partial charge in [0, 0.05) is 28.1 Å². The van der Waals surface area contributed by atoms with Gasteiger partial charge in [-0.25, -0.2) is 4.39 Å². The number of halogens is 1. The molecule has 3 unspecified atom stereocenters. The number of aliphatic hydroxyl groups is 2. The van der Waals surface area contributed by atoms with E-state index in [9.17, 15) is 24.2 Å². The number of rotatable bonds is 6. The van der Waals surface area contributed by atoms with E-state index < -0.39 is 34.8 Å². The van der Waals surface area contributed by atoms with Crippen LogP contribution in [0.1, 0.15) is 65.4 Å². The standard InChI is InChI=1S/C29H39FO5S/c1-6-27(4)14-23(35-24(33)16-36-22-13-19(15-31)7-8-20(22)30)28(5)17(2)9-11-29(18(3)26(27)34)12-10-21(32)25(28)29/h6-8,13,17-18,23,25-26,31,34H,1,9-12,14-16H2,2-5H3/t17?,18-,23+,25?,26-,27+,28-,29?/m0/s1. The Morgan fingerprint density at radius 3 is 2.69 bits per heavy atom. The quantitative estimate of drug-likeness (QED) is 0.301. The highest BCUT2D eigenvalue weighted by molar-refractivity contribution is 8.00. The van der Waals surface area contributed by atoms with E-state index in [1.165, 1.54) is 18.2 Å². The van der Waals surface area contributed by atoms with Crippen LogP contribution in [0, 0.1) is 39.8 Å². The van der Waals surface area contributed by atoms with Gasteiger partial charge in [0.05, 0.1) is 18.5 Å². The molecule has 1 aromatic rings. The lowest BCUT2D eigenvalue weighted by molar-refractivity contribution is -0.205. The Balaban J connectivity index is 1.67. The summed E-state index contributed by atoms with van der Waals surface area (Å²) < 4.78 is 20.5. The number of benzene rings is 1. The highest BCUT2D eigenvalue weighted by atomic mass is 32.2. The predicted molar refractivity (Wildman–Crippen MR) is 138 cm³/mol. The molecule has 0 heterocycles. The van der Waals surface area contributed by atoms with Crippen molar-refractivity contribution in [3.63, 3.8) is 0 Å². The molecule has 3 fully saturated rings. The predicted octanol–water partition coefficient (Wildman–Crippen LogP) is 5.32. The molecule has 3 saturated carbocycles. The number of hydrogen-bond donors (Lipinski definition) is 2. The summed E-state index contributed by atoms with van der Waals surface area (Å²) in [6.07, 6.45) is 3.86. The summed E-state index contributed by atoms with van der Waals surface area (Å²) in [5, 5.41) is 20.9. The molecule has 5 nitrogen and oxygen atoms in total. The summed E-state index contributed by atoms with van der Waals surface area (Å²) in [5.41, 5.74) is -1.03. The number of Topliss-reactive ketones (excluding diaryl/α,β-unsaturated/α-hetero) is 1. The molecule has 4 rings (SSSR count). The van der Waals surface area contributed by atoms with Gasteiger partial charge in [-0.15, -0.1) is 18.3 Å². The molecule has 2 N–H and O–H groups in total. The Morgan fingerprint density at radius 1 is 1.31 bits per heavy atom. The van der Waals surface area contributed by atoms with Crippen LogP contribution in [0.15, 0.2) is 35.7 Å². The SMILES string of the molecule is C=C[C@]1(C)C[C@@H](OC(=O)CSc2cc(CO)ccc2F)[C@]2(C)C(C)CCC3(CCC(=O)C32)[C@@H](C)[C@@H]1O. The molecule has 1 aromatic carbocycles. The highest BCUT2D eigenvalue weighted by Crippen LogP contribution is 2.68. The van der Waals surface area contributed by atoms with Gasteiger partial charge < -0.3 is 14.9 Å². The van der Waals surface area contributed by atoms with E-state index in [0.717, 1.165) is 31.0 Å². The Hall–Kier alpha value is -1.70. The molecule has 36 heavy (non-hydrogen) atoms. The zero-order chi connectivity index (χ0) is 26.5. The number of esters is 1. The summed E-state index contributed by atoms with van der Waals surface area (Å²) in [6, 6.07) is 4.32. The third kappa shape index (κ3) is 4.25. The van der Waals surface area contributed by atoms with Crippen LogP contribution < -0.4 is 0 Å². The summed E-state index contributed by atoms with van der Waals surface area (Å²) in [6.45, 7) is 12.1. The molecule has 3 aliphatic carbocycles. The van der Waals surface area contributed by atoms with Crippen molar-refractivity contribution in [1.82, 2.24) is 0 Å². The number of carbonyl (C=O) groups excluding carboxylic acids is 2. The summed E-state index contributed by atoms with van der Waals surface area (Å²) in [4.78, 5) is 26.9. The third-order valence-electron chi connectivity index (χ3n) is 10.1. The Labute approximate surface area is 217 Å². The second-order valence-corrected chi connectivity index (χ2v) is 12.8. The minimum Gasteiger partial charge on any atom is -0.461 e. The Kier molecular flexibility index (Phi) is 7.50. The van der Waals surface area contributed by atoms with Gasteiger partial charge in [-0.2, -0.15) is 0 Å². The van der Waals surface area contributed by atoms with Crippen molar-refractivity contribution >= 4 is 23.5 Å². The van der Waals surface area contributed by atoms with Crippen LogP contribution in [-0.4, -0.2) is 39.9 Å². The van der Waals surface area contributed by atoms with Crippen LogP contribution >= 0.6 is 11.8 Å². The molecule has 7 heteroatoms. The molecular weight excluding hydrogens is 479 g/mol. The average molecular weight is 519 g/mol. The van der Waals surface area contributed by atoms with Gasteiger partial charge in [-0.3, -0.25) is 9.59 Å². The van der Waals surface area contributed by atoms with E-state index in [2.05, 4.69) is 27.4 Å². The normalized spacial score (nSPS) is 40.2. The zero-order valence-corrected chi connectivity index (χ0v) is 22.6. The van der Waals surface area contributed by atoms with E-state index in [1.807, 2.05) is 6.92 Å². The van der Waals surface area contributed by atoms with Gasteiger partial charge in [-0.1, -0.05) is 39.8 Å².